The van der Waals surface area contributed by atoms with Crippen LogP contribution in [-0.2, 0) is 4.79 Å². The number of aromatic hydroxyl groups is 1. The highest BCUT2D eigenvalue weighted by molar-refractivity contribution is 6.04. The third kappa shape index (κ3) is 2.54. The van der Waals surface area contributed by atoms with Crippen LogP contribution in [0.3, 0.4) is 0 Å². The predicted molar refractivity (Wildman–Crippen MR) is 69.4 cm³/mol. The maximum atomic E-state index is 12.4. The lowest BCUT2D eigenvalue weighted by molar-refractivity contribution is -0.128. The van der Waals surface area contributed by atoms with Crippen molar-refractivity contribution in [1.29, 1.82) is 0 Å². The number of Topliss-reactive ketones (excluding diaryl/α,β-unsaturated/α-hetero) is 1. The number of rotatable bonds is 4. The van der Waals surface area contributed by atoms with Gasteiger partial charge < -0.3 is 14.7 Å². The highest BCUT2D eigenvalue weighted by Gasteiger charge is 2.31. The van der Waals surface area contributed by atoms with E-state index in [1.54, 1.807) is 17.9 Å². The topological polar surface area (TPSA) is 66.8 Å². The first kappa shape index (κ1) is 13.4. The summed E-state index contributed by atoms with van der Waals surface area (Å²) in [5.74, 6) is 0.125. The van der Waals surface area contributed by atoms with E-state index in [9.17, 15) is 14.7 Å². The molecule has 102 valence electrons. The minimum absolute atomic E-state index is 0.0109. The Labute approximate surface area is 111 Å². The number of carbonyl (C=O) groups is 2. The molecule has 1 aliphatic rings. The molecule has 1 unspecified atom stereocenters. The van der Waals surface area contributed by atoms with Gasteiger partial charge in [0.2, 0.25) is 5.91 Å². The largest absolute Gasteiger partial charge is 0.507 e. The van der Waals surface area contributed by atoms with Gasteiger partial charge in [0.1, 0.15) is 11.5 Å². The van der Waals surface area contributed by atoms with Crippen molar-refractivity contribution in [2.45, 2.75) is 25.8 Å². The molecular formula is C14H17NO4. The molecule has 1 aromatic carbocycles. The summed E-state index contributed by atoms with van der Waals surface area (Å²) in [6.45, 7) is 2.28. The SMILES string of the molecule is COc1ccc(O)c(C(=O)C(C)N2CCCC2=O)c1. The number of hydrogen-bond donors (Lipinski definition) is 1. The molecule has 1 fully saturated rings. The van der Waals surface area contributed by atoms with Crippen LogP contribution in [0.1, 0.15) is 30.1 Å². The van der Waals surface area contributed by atoms with E-state index < -0.39 is 6.04 Å². The van der Waals surface area contributed by atoms with Gasteiger partial charge in [0, 0.05) is 13.0 Å². The smallest absolute Gasteiger partial charge is 0.223 e. The summed E-state index contributed by atoms with van der Waals surface area (Å²) in [6, 6.07) is 3.94. The number of hydrogen-bond acceptors (Lipinski definition) is 4. The van der Waals surface area contributed by atoms with Crippen molar-refractivity contribution in [3.63, 3.8) is 0 Å². The molecule has 1 atom stereocenters. The van der Waals surface area contributed by atoms with Crippen molar-refractivity contribution in [2.75, 3.05) is 13.7 Å². The van der Waals surface area contributed by atoms with E-state index in [0.717, 1.165) is 6.42 Å². The number of benzene rings is 1. The van der Waals surface area contributed by atoms with Crippen molar-refractivity contribution in [1.82, 2.24) is 4.90 Å². The van der Waals surface area contributed by atoms with E-state index in [1.807, 2.05) is 0 Å². The molecule has 5 heteroatoms. The number of carbonyl (C=O) groups excluding carboxylic acids is 2. The lowest BCUT2D eigenvalue weighted by Crippen LogP contribution is -2.39. The zero-order chi connectivity index (χ0) is 14.0. The molecule has 1 aliphatic heterocycles. The van der Waals surface area contributed by atoms with Crippen LogP contribution in [0.5, 0.6) is 11.5 Å². The third-order valence-corrected chi connectivity index (χ3v) is 3.43. The number of ketones is 1. The molecule has 1 amide bonds. The van der Waals surface area contributed by atoms with Gasteiger partial charge in [-0.25, -0.2) is 0 Å². The molecular weight excluding hydrogens is 246 g/mol. The summed E-state index contributed by atoms with van der Waals surface area (Å²) in [5, 5.41) is 9.78. The first-order chi connectivity index (χ1) is 9.04. The van der Waals surface area contributed by atoms with Gasteiger partial charge in [-0.3, -0.25) is 9.59 Å². The van der Waals surface area contributed by atoms with Gasteiger partial charge in [0.15, 0.2) is 5.78 Å². The van der Waals surface area contributed by atoms with Crippen LogP contribution in [0.2, 0.25) is 0 Å². The van der Waals surface area contributed by atoms with Gasteiger partial charge in [-0.15, -0.1) is 0 Å². The van der Waals surface area contributed by atoms with Crippen molar-refractivity contribution < 1.29 is 19.4 Å². The summed E-state index contributed by atoms with van der Waals surface area (Å²) in [5.41, 5.74) is 0.187. The zero-order valence-electron chi connectivity index (χ0n) is 11.0. The second-order valence-electron chi connectivity index (χ2n) is 4.61. The lowest BCUT2D eigenvalue weighted by atomic mass is 10.0. The lowest BCUT2D eigenvalue weighted by Gasteiger charge is -2.23. The number of amides is 1. The van der Waals surface area contributed by atoms with Gasteiger partial charge in [-0.1, -0.05) is 0 Å². The number of ether oxygens (including phenoxy) is 1. The number of nitrogens with zero attached hydrogens (tertiary/aromatic N) is 1. The van der Waals surface area contributed by atoms with Gasteiger partial charge in [0.05, 0.1) is 18.7 Å². The molecule has 1 aromatic rings. The summed E-state index contributed by atoms with van der Waals surface area (Å²) >= 11 is 0. The first-order valence-corrected chi connectivity index (χ1v) is 6.25. The summed E-state index contributed by atoms with van der Waals surface area (Å²) in [4.78, 5) is 25.6. The Kier molecular flexibility index (Phi) is 3.74. The Bertz CT molecular complexity index is 512. The van der Waals surface area contributed by atoms with E-state index in [0.29, 0.717) is 18.7 Å². The highest BCUT2D eigenvalue weighted by Crippen LogP contribution is 2.26. The second-order valence-corrected chi connectivity index (χ2v) is 4.61. The van der Waals surface area contributed by atoms with Crippen molar-refractivity contribution in [3.05, 3.63) is 23.8 Å². The van der Waals surface area contributed by atoms with E-state index in [1.165, 1.54) is 19.2 Å². The molecule has 0 bridgehead atoms. The fourth-order valence-corrected chi connectivity index (χ4v) is 2.28. The van der Waals surface area contributed by atoms with Crippen LogP contribution in [0.4, 0.5) is 0 Å². The molecule has 1 saturated heterocycles. The van der Waals surface area contributed by atoms with Crippen LogP contribution in [0.15, 0.2) is 18.2 Å². The summed E-state index contributed by atoms with van der Waals surface area (Å²) in [6.07, 6.45) is 1.27. The van der Waals surface area contributed by atoms with Gasteiger partial charge >= 0.3 is 0 Å². The van der Waals surface area contributed by atoms with Crippen molar-refractivity contribution in [3.8, 4) is 11.5 Å². The van der Waals surface area contributed by atoms with Gasteiger partial charge in [0.25, 0.3) is 0 Å². The molecule has 1 N–H and O–H groups in total. The standard InChI is InChI=1S/C14H17NO4/c1-9(15-7-3-4-13(15)17)14(18)11-8-10(19-2)5-6-12(11)16/h5-6,8-9,16H,3-4,7H2,1-2H3. The molecule has 0 saturated carbocycles. The number of phenols is 1. The van der Waals surface area contributed by atoms with Crippen LogP contribution in [-0.4, -0.2) is 41.4 Å². The van der Waals surface area contributed by atoms with Crippen LogP contribution >= 0.6 is 0 Å². The monoisotopic (exact) mass is 263 g/mol. The van der Waals surface area contributed by atoms with E-state index in [2.05, 4.69) is 0 Å². The Hall–Kier alpha value is -2.04. The minimum Gasteiger partial charge on any atom is -0.507 e. The number of methoxy groups -OCH3 is 1. The van der Waals surface area contributed by atoms with E-state index in [4.69, 9.17) is 4.74 Å². The van der Waals surface area contributed by atoms with Gasteiger partial charge in [-0.05, 0) is 31.5 Å². The molecule has 1 heterocycles. The van der Waals surface area contributed by atoms with Crippen molar-refractivity contribution in [2.24, 2.45) is 0 Å². The summed E-state index contributed by atoms with van der Waals surface area (Å²) < 4.78 is 5.04. The fraction of sp³-hybridized carbons (Fsp3) is 0.429. The highest BCUT2D eigenvalue weighted by atomic mass is 16.5. The van der Waals surface area contributed by atoms with Crippen LogP contribution in [0.25, 0.3) is 0 Å². The normalized spacial score (nSPS) is 16.5. The van der Waals surface area contributed by atoms with Crippen molar-refractivity contribution >= 4 is 11.7 Å². The molecule has 2 rings (SSSR count). The maximum Gasteiger partial charge on any atom is 0.223 e. The average molecular weight is 263 g/mol. The van der Waals surface area contributed by atoms with Crippen LogP contribution in [0, 0.1) is 0 Å². The molecule has 0 radical (unpaired) electrons. The second kappa shape index (κ2) is 5.30. The third-order valence-electron chi connectivity index (χ3n) is 3.43. The summed E-state index contributed by atoms with van der Waals surface area (Å²) in [7, 11) is 1.49. The molecule has 0 aromatic heterocycles. The minimum atomic E-state index is -0.562. The van der Waals surface area contributed by atoms with Crippen LogP contribution < -0.4 is 4.74 Å². The predicted octanol–water partition coefficient (Wildman–Crippen LogP) is 1.59. The zero-order valence-corrected chi connectivity index (χ0v) is 11.0. The average Bonchev–Trinajstić information content (AvgIpc) is 2.84. The van der Waals surface area contributed by atoms with E-state index in [-0.39, 0.29) is 23.0 Å². The molecule has 0 spiro atoms. The Balaban J connectivity index is 2.25. The molecule has 5 nitrogen and oxygen atoms in total. The quantitative estimate of drug-likeness (QED) is 0.838. The number of phenolic OH excluding ortho intramolecular Hbond substituents is 1. The maximum absolute atomic E-state index is 12.4. The van der Waals surface area contributed by atoms with Gasteiger partial charge in [-0.2, -0.15) is 0 Å². The van der Waals surface area contributed by atoms with E-state index >= 15 is 0 Å². The number of likely N-dealkylation sites (tertiary alicyclic amines) is 1. The molecule has 0 aliphatic carbocycles. The first-order valence-electron chi connectivity index (χ1n) is 6.25. The Morgan fingerprint density at radius 3 is 2.79 bits per heavy atom. The molecule has 19 heavy (non-hydrogen) atoms. The Morgan fingerprint density at radius 2 is 2.21 bits per heavy atom. The Morgan fingerprint density at radius 1 is 1.47 bits per heavy atom. The fourth-order valence-electron chi connectivity index (χ4n) is 2.28.